The Bertz CT molecular complexity index is 995. The molecule has 142 valence electrons. The van der Waals surface area contributed by atoms with Crippen LogP contribution in [0.5, 0.6) is 5.75 Å². The first-order valence-corrected chi connectivity index (χ1v) is 9.25. The summed E-state index contributed by atoms with van der Waals surface area (Å²) in [5.74, 6) is 1.04. The molecule has 0 spiro atoms. The highest BCUT2D eigenvalue weighted by atomic mass is 79.9. The lowest BCUT2D eigenvalue weighted by atomic mass is 10.2. The Morgan fingerprint density at radius 3 is 2.68 bits per heavy atom. The molecule has 0 saturated carbocycles. The first kappa shape index (κ1) is 19.8. The van der Waals surface area contributed by atoms with E-state index < -0.39 is 4.92 Å². The van der Waals surface area contributed by atoms with Crippen LogP contribution in [0.25, 0.3) is 0 Å². The Morgan fingerprint density at radius 1 is 1.21 bits per heavy atom. The van der Waals surface area contributed by atoms with Gasteiger partial charge in [-0.15, -0.1) is 0 Å². The smallest absolute Gasteiger partial charge is 0.287 e. The van der Waals surface area contributed by atoms with Crippen LogP contribution in [0.2, 0.25) is 5.02 Å². The van der Waals surface area contributed by atoms with Crippen molar-refractivity contribution in [2.75, 3.05) is 5.43 Å². The highest BCUT2D eigenvalue weighted by molar-refractivity contribution is 9.10. The Labute approximate surface area is 174 Å². The van der Waals surface area contributed by atoms with Crippen LogP contribution < -0.4 is 10.2 Å². The van der Waals surface area contributed by atoms with Gasteiger partial charge in [0.2, 0.25) is 0 Å². The molecule has 0 bridgehead atoms. The maximum absolute atomic E-state index is 10.7. The third kappa shape index (κ3) is 5.51. The van der Waals surface area contributed by atoms with Crippen molar-refractivity contribution < 1.29 is 9.66 Å². The second kappa shape index (κ2) is 9.29. The molecule has 0 saturated heterocycles. The number of nitrogens with one attached hydrogen (secondary N) is 1. The van der Waals surface area contributed by atoms with Crippen molar-refractivity contribution in [3.8, 4) is 5.75 Å². The highest BCUT2D eigenvalue weighted by Crippen LogP contribution is 2.23. The largest absolute Gasteiger partial charge is 0.488 e. The molecule has 3 rings (SSSR count). The van der Waals surface area contributed by atoms with Gasteiger partial charge in [0.1, 0.15) is 24.4 Å². The van der Waals surface area contributed by atoms with Crippen LogP contribution >= 0.6 is 27.5 Å². The van der Waals surface area contributed by atoms with Crippen molar-refractivity contribution in [1.29, 1.82) is 0 Å². The van der Waals surface area contributed by atoms with Gasteiger partial charge in [-0.1, -0.05) is 39.7 Å². The maximum Gasteiger partial charge on any atom is 0.287 e. The number of halogens is 2. The van der Waals surface area contributed by atoms with E-state index in [9.17, 15) is 10.1 Å². The quantitative estimate of drug-likeness (QED) is 0.288. The molecule has 0 atom stereocenters. The summed E-state index contributed by atoms with van der Waals surface area (Å²) in [6, 6.07) is 15.8. The molecule has 0 aliphatic rings. The number of aromatic nitrogens is 1. The molecular formula is C19H14BrClN4O3. The average Bonchev–Trinajstić information content (AvgIpc) is 2.69. The Kier molecular flexibility index (Phi) is 6.57. The van der Waals surface area contributed by atoms with Gasteiger partial charge < -0.3 is 4.74 Å². The van der Waals surface area contributed by atoms with Crippen LogP contribution in [0.4, 0.5) is 11.5 Å². The van der Waals surface area contributed by atoms with E-state index in [0.29, 0.717) is 23.2 Å². The summed E-state index contributed by atoms with van der Waals surface area (Å²) in [4.78, 5) is 14.1. The van der Waals surface area contributed by atoms with Crippen molar-refractivity contribution in [3.63, 3.8) is 0 Å². The van der Waals surface area contributed by atoms with Gasteiger partial charge in [-0.2, -0.15) is 5.10 Å². The van der Waals surface area contributed by atoms with E-state index in [1.54, 1.807) is 6.21 Å². The normalized spacial score (nSPS) is 10.8. The second-order valence-corrected chi connectivity index (χ2v) is 6.98. The zero-order chi connectivity index (χ0) is 19.9. The highest BCUT2D eigenvalue weighted by Gasteiger charge is 2.06. The molecule has 9 heteroatoms. The van der Waals surface area contributed by atoms with E-state index in [1.807, 2.05) is 42.5 Å². The number of rotatable bonds is 7. The fourth-order valence-corrected chi connectivity index (χ4v) is 2.73. The fraction of sp³-hybridized carbons (Fsp3) is 0.0526. The molecule has 1 heterocycles. The SMILES string of the molecule is O=[N+]([O-])c1ccc(N/N=C\c2cc(Br)ccc2OCc2ccc(Cl)cc2)nc1. The predicted molar refractivity (Wildman–Crippen MR) is 112 cm³/mol. The van der Waals surface area contributed by atoms with Crippen LogP contribution in [0, 0.1) is 10.1 Å². The van der Waals surface area contributed by atoms with Gasteiger partial charge in [0.15, 0.2) is 0 Å². The molecule has 0 radical (unpaired) electrons. The number of nitrogens with zero attached hydrogens (tertiary/aromatic N) is 3. The molecule has 1 N–H and O–H groups in total. The van der Waals surface area contributed by atoms with E-state index in [-0.39, 0.29) is 5.69 Å². The van der Waals surface area contributed by atoms with Crippen LogP contribution in [0.3, 0.4) is 0 Å². The number of anilines is 1. The topological polar surface area (TPSA) is 89.7 Å². The first-order valence-electron chi connectivity index (χ1n) is 8.07. The van der Waals surface area contributed by atoms with Crippen LogP contribution in [-0.2, 0) is 6.61 Å². The third-order valence-corrected chi connectivity index (χ3v) is 4.37. The molecule has 3 aromatic rings. The first-order chi connectivity index (χ1) is 13.5. The third-order valence-electron chi connectivity index (χ3n) is 3.62. The minimum atomic E-state index is -0.508. The molecule has 2 aromatic carbocycles. The molecule has 28 heavy (non-hydrogen) atoms. The summed E-state index contributed by atoms with van der Waals surface area (Å²) in [6.45, 7) is 0.386. The zero-order valence-corrected chi connectivity index (χ0v) is 16.7. The van der Waals surface area contributed by atoms with Gasteiger partial charge in [-0.25, -0.2) is 4.98 Å². The Hall–Kier alpha value is -2.97. The van der Waals surface area contributed by atoms with E-state index in [2.05, 4.69) is 31.4 Å². The van der Waals surface area contributed by atoms with Crippen molar-refractivity contribution in [3.05, 3.63) is 91.5 Å². The Balaban J connectivity index is 1.68. The standard InChI is InChI=1S/C19H14BrClN4O3/c20-15-3-7-18(28-12-13-1-4-16(21)5-2-13)14(9-15)10-23-24-19-8-6-17(11-22-19)25(26)27/h1-11H,12H2,(H,22,24)/b23-10-. The summed E-state index contributed by atoms with van der Waals surface area (Å²) in [7, 11) is 0. The number of hydrogen-bond acceptors (Lipinski definition) is 6. The summed E-state index contributed by atoms with van der Waals surface area (Å²) < 4.78 is 6.77. The average molecular weight is 462 g/mol. The van der Waals surface area contributed by atoms with Gasteiger partial charge in [0, 0.05) is 21.1 Å². The summed E-state index contributed by atoms with van der Waals surface area (Å²) in [5, 5.41) is 15.5. The second-order valence-electron chi connectivity index (χ2n) is 5.63. The van der Waals surface area contributed by atoms with Crippen molar-refractivity contribution >= 4 is 45.3 Å². The molecule has 0 aliphatic carbocycles. The number of nitro groups is 1. The van der Waals surface area contributed by atoms with Gasteiger partial charge in [-0.05, 0) is 42.0 Å². The van der Waals surface area contributed by atoms with Crippen LogP contribution in [-0.4, -0.2) is 16.1 Å². The predicted octanol–water partition coefficient (Wildman–Crippen LogP) is 5.43. The van der Waals surface area contributed by atoms with E-state index in [0.717, 1.165) is 21.8 Å². The molecule has 0 aliphatic heterocycles. The number of pyridine rings is 1. The van der Waals surface area contributed by atoms with Gasteiger partial charge in [-0.3, -0.25) is 15.5 Å². The number of ether oxygens (including phenoxy) is 1. The van der Waals surface area contributed by atoms with Crippen LogP contribution in [0.1, 0.15) is 11.1 Å². The van der Waals surface area contributed by atoms with Gasteiger partial charge in [0.05, 0.1) is 11.1 Å². The zero-order valence-electron chi connectivity index (χ0n) is 14.4. The van der Waals surface area contributed by atoms with E-state index in [4.69, 9.17) is 16.3 Å². The number of benzene rings is 2. The van der Waals surface area contributed by atoms with E-state index in [1.165, 1.54) is 12.1 Å². The lowest BCUT2D eigenvalue weighted by Gasteiger charge is -2.10. The molecular weight excluding hydrogens is 448 g/mol. The van der Waals surface area contributed by atoms with E-state index >= 15 is 0 Å². The fourth-order valence-electron chi connectivity index (χ4n) is 2.22. The summed E-state index contributed by atoms with van der Waals surface area (Å²) in [5.41, 5.74) is 4.39. The number of hydrazone groups is 1. The minimum Gasteiger partial charge on any atom is -0.488 e. The molecule has 0 fully saturated rings. The summed E-state index contributed by atoms with van der Waals surface area (Å²) in [6.07, 6.45) is 2.75. The summed E-state index contributed by atoms with van der Waals surface area (Å²) >= 11 is 9.32. The molecule has 7 nitrogen and oxygen atoms in total. The lowest BCUT2D eigenvalue weighted by molar-refractivity contribution is -0.385. The monoisotopic (exact) mass is 460 g/mol. The number of hydrogen-bond donors (Lipinski definition) is 1. The van der Waals surface area contributed by atoms with Crippen molar-refractivity contribution in [1.82, 2.24) is 4.98 Å². The van der Waals surface area contributed by atoms with Crippen molar-refractivity contribution in [2.45, 2.75) is 6.61 Å². The molecule has 0 unspecified atom stereocenters. The molecule has 1 aromatic heterocycles. The van der Waals surface area contributed by atoms with Crippen LogP contribution in [0.15, 0.2) is 70.4 Å². The minimum absolute atomic E-state index is 0.0839. The Morgan fingerprint density at radius 2 is 2.00 bits per heavy atom. The molecule has 0 amide bonds. The van der Waals surface area contributed by atoms with Crippen molar-refractivity contribution in [2.24, 2.45) is 5.10 Å². The maximum atomic E-state index is 10.7. The lowest BCUT2D eigenvalue weighted by Crippen LogP contribution is -2.00. The van der Waals surface area contributed by atoms with Gasteiger partial charge >= 0.3 is 0 Å². The van der Waals surface area contributed by atoms with Gasteiger partial charge in [0.25, 0.3) is 5.69 Å².